The van der Waals surface area contributed by atoms with Crippen LogP contribution in [0.4, 0.5) is 0 Å². The summed E-state index contributed by atoms with van der Waals surface area (Å²) in [5.41, 5.74) is 3.17. The minimum absolute atomic E-state index is 0.458. The number of rotatable bonds is 1. The van der Waals surface area contributed by atoms with Gasteiger partial charge >= 0.3 is 0 Å². The number of hydrogen-bond acceptors (Lipinski definition) is 2. The fourth-order valence-electron chi connectivity index (χ4n) is 1.95. The summed E-state index contributed by atoms with van der Waals surface area (Å²) in [5.74, 6) is 0. The van der Waals surface area contributed by atoms with Gasteiger partial charge in [0.05, 0.1) is 0 Å². The number of thiophene rings is 1. The van der Waals surface area contributed by atoms with Gasteiger partial charge in [-0.1, -0.05) is 30.3 Å². The maximum absolute atomic E-state index is 10.2. The maximum Gasteiger partial charge on any atom is 0.106 e. The zero-order valence-corrected chi connectivity index (χ0v) is 8.87. The molecular formula is C13H10OS. The monoisotopic (exact) mass is 214 g/mol. The van der Waals surface area contributed by atoms with Crippen LogP contribution in [-0.2, 0) is 0 Å². The Morgan fingerprint density at radius 3 is 2.67 bits per heavy atom. The van der Waals surface area contributed by atoms with Gasteiger partial charge in [-0.25, -0.2) is 0 Å². The van der Waals surface area contributed by atoms with E-state index in [1.165, 1.54) is 0 Å². The van der Waals surface area contributed by atoms with Crippen molar-refractivity contribution in [2.45, 2.75) is 6.10 Å². The summed E-state index contributed by atoms with van der Waals surface area (Å²) in [7, 11) is 0. The van der Waals surface area contributed by atoms with Gasteiger partial charge in [0.15, 0.2) is 0 Å². The van der Waals surface area contributed by atoms with E-state index in [0.29, 0.717) is 0 Å². The molecule has 15 heavy (non-hydrogen) atoms. The van der Waals surface area contributed by atoms with Crippen LogP contribution in [0.15, 0.2) is 41.8 Å². The summed E-state index contributed by atoms with van der Waals surface area (Å²) >= 11 is 1.67. The molecule has 1 aromatic carbocycles. The van der Waals surface area contributed by atoms with E-state index in [1.54, 1.807) is 11.3 Å². The lowest BCUT2D eigenvalue weighted by Crippen LogP contribution is -1.94. The van der Waals surface area contributed by atoms with E-state index in [9.17, 15) is 5.11 Å². The van der Waals surface area contributed by atoms with Crippen LogP contribution < -0.4 is 0 Å². The van der Waals surface area contributed by atoms with Crippen LogP contribution in [0.1, 0.15) is 22.1 Å². The van der Waals surface area contributed by atoms with Crippen LogP contribution in [0, 0.1) is 0 Å². The van der Waals surface area contributed by atoms with Gasteiger partial charge in [0.25, 0.3) is 0 Å². The third-order valence-electron chi connectivity index (χ3n) is 2.70. The number of hydrogen-bond donors (Lipinski definition) is 1. The van der Waals surface area contributed by atoms with Crippen molar-refractivity contribution in [2.75, 3.05) is 0 Å². The van der Waals surface area contributed by atoms with Gasteiger partial charge in [-0.2, -0.15) is 0 Å². The topological polar surface area (TPSA) is 20.2 Å². The minimum atomic E-state index is -0.458. The summed E-state index contributed by atoms with van der Waals surface area (Å²) < 4.78 is 0. The molecule has 0 fully saturated rings. The molecule has 1 nitrogen and oxygen atoms in total. The van der Waals surface area contributed by atoms with Crippen LogP contribution >= 0.6 is 11.3 Å². The van der Waals surface area contributed by atoms with Gasteiger partial charge in [-0.15, -0.1) is 11.3 Å². The number of benzene rings is 1. The zero-order chi connectivity index (χ0) is 10.3. The standard InChI is InChI=1S/C13H10OS/c14-13-10-5-2-1-4-9(10)8-11(13)12-6-3-7-15-12/h1-8,13-14H. The molecule has 74 valence electrons. The van der Waals surface area contributed by atoms with Gasteiger partial charge in [0.1, 0.15) is 6.10 Å². The van der Waals surface area contributed by atoms with Gasteiger partial charge in [0, 0.05) is 10.5 Å². The molecule has 0 aliphatic heterocycles. The van der Waals surface area contributed by atoms with Gasteiger partial charge in [0.2, 0.25) is 0 Å². The van der Waals surface area contributed by atoms with Crippen LogP contribution in [0.25, 0.3) is 11.6 Å². The Balaban J connectivity index is 2.11. The highest BCUT2D eigenvalue weighted by atomic mass is 32.1. The lowest BCUT2D eigenvalue weighted by atomic mass is 10.1. The van der Waals surface area contributed by atoms with E-state index >= 15 is 0 Å². The van der Waals surface area contributed by atoms with E-state index in [-0.39, 0.29) is 0 Å². The Kier molecular flexibility index (Phi) is 1.97. The van der Waals surface area contributed by atoms with E-state index < -0.39 is 6.10 Å². The lowest BCUT2D eigenvalue weighted by molar-refractivity contribution is 0.241. The Morgan fingerprint density at radius 2 is 1.93 bits per heavy atom. The Labute approximate surface area is 92.3 Å². The summed E-state index contributed by atoms with van der Waals surface area (Å²) in [6.07, 6.45) is 1.62. The molecule has 0 bridgehead atoms. The normalized spacial score (nSPS) is 18.7. The van der Waals surface area contributed by atoms with Crippen LogP contribution in [-0.4, -0.2) is 5.11 Å². The Morgan fingerprint density at radius 1 is 1.07 bits per heavy atom. The Hall–Kier alpha value is -1.38. The third-order valence-corrected chi connectivity index (χ3v) is 3.62. The van der Waals surface area contributed by atoms with E-state index in [4.69, 9.17) is 0 Å². The molecular weight excluding hydrogens is 204 g/mol. The van der Waals surface area contributed by atoms with Crippen molar-refractivity contribution < 1.29 is 5.11 Å². The number of fused-ring (bicyclic) bond motifs is 1. The maximum atomic E-state index is 10.2. The highest BCUT2D eigenvalue weighted by molar-refractivity contribution is 7.11. The highest BCUT2D eigenvalue weighted by Gasteiger charge is 2.23. The van der Waals surface area contributed by atoms with Crippen molar-refractivity contribution in [1.29, 1.82) is 0 Å². The fourth-order valence-corrected chi connectivity index (χ4v) is 2.72. The first-order valence-electron chi connectivity index (χ1n) is 4.89. The average molecular weight is 214 g/mol. The van der Waals surface area contributed by atoms with Crippen molar-refractivity contribution in [3.05, 3.63) is 57.8 Å². The van der Waals surface area contributed by atoms with Gasteiger partial charge < -0.3 is 5.11 Å². The second kappa shape index (κ2) is 3.33. The number of aliphatic hydroxyl groups excluding tert-OH is 1. The van der Waals surface area contributed by atoms with Gasteiger partial charge in [-0.3, -0.25) is 0 Å². The molecule has 0 saturated heterocycles. The molecule has 0 saturated carbocycles. The van der Waals surface area contributed by atoms with Crippen LogP contribution in [0.5, 0.6) is 0 Å². The quantitative estimate of drug-likeness (QED) is 0.772. The first-order valence-corrected chi connectivity index (χ1v) is 5.77. The van der Waals surface area contributed by atoms with Crippen molar-refractivity contribution in [1.82, 2.24) is 0 Å². The van der Waals surface area contributed by atoms with E-state index in [0.717, 1.165) is 21.6 Å². The first-order chi connectivity index (χ1) is 7.36. The van der Waals surface area contributed by atoms with Crippen molar-refractivity contribution >= 4 is 23.0 Å². The average Bonchev–Trinajstić information content (AvgIpc) is 2.87. The van der Waals surface area contributed by atoms with Gasteiger partial charge in [-0.05, 0) is 28.6 Å². The summed E-state index contributed by atoms with van der Waals surface area (Å²) in [6.45, 7) is 0. The van der Waals surface area contributed by atoms with Crippen molar-refractivity contribution in [3.8, 4) is 0 Å². The predicted molar refractivity (Wildman–Crippen MR) is 63.6 cm³/mol. The molecule has 2 heteroatoms. The highest BCUT2D eigenvalue weighted by Crippen LogP contribution is 2.41. The van der Waals surface area contributed by atoms with Crippen LogP contribution in [0.3, 0.4) is 0 Å². The summed E-state index contributed by atoms with van der Waals surface area (Å²) in [5, 5.41) is 12.2. The predicted octanol–water partition coefficient (Wildman–Crippen LogP) is 3.34. The van der Waals surface area contributed by atoms with E-state index in [2.05, 4.69) is 6.08 Å². The van der Waals surface area contributed by atoms with Crippen molar-refractivity contribution in [3.63, 3.8) is 0 Å². The third kappa shape index (κ3) is 1.34. The molecule has 1 N–H and O–H groups in total. The molecule has 1 unspecified atom stereocenters. The summed E-state index contributed by atoms with van der Waals surface area (Å²) in [6, 6.07) is 12.0. The second-order valence-electron chi connectivity index (χ2n) is 3.61. The smallest absolute Gasteiger partial charge is 0.106 e. The molecule has 1 aliphatic carbocycles. The molecule has 1 heterocycles. The second-order valence-corrected chi connectivity index (χ2v) is 4.56. The van der Waals surface area contributed by atoms with Crippen molar-refractivity contribution in [2.24, 2.45) is 0 Å². The number of aliphatic hydroxyl groups is 1. The minimum Gasteiger partial charge on any atom is -0.384 e. The zero-order valence-electron chi connectivity index (χ0n) is 8.05. The molecule has 0 amide bonds. The fraction of sp³-hybridized carbons (Fsp3) is 0.0769. The summed E-state index contributed by atoms with van der Waals surface area (Å²) in [4.78, 5) is 1.15. The molecule has 2 aromatic rings. The Bertz CT molecular complexity index is 511. The molecule has 3 rings (SSSR count). The lowest BCUT2D eigenvalue weighted by Gasteiger charge is -2.07. The van der Waals surface area contributed by atoms with E-state index in [1.807, 2.05) is 41.8 Å². The molecule has 1 aromatic heterocycles. The molecule has 0 spiro atoms. The first kappa shape index (κ1) is 8.89. The largest absolute Gasteiger partial charge is 0.384 e. The molecule has 0 radical (unpaired) electrons. The SMILES string of the molecule is OC1C(c2cccs2)=Cc2ccccc21. The van der Waals surface area contributed by atoms with Crippen LogP contribution in [0.2, 0.25) is 0 Å². The molecule has 1 atom stereocenters. The molecule has 1 aliphatic rings.